The van der Waals surface area contributed by atoms with Gasteiger partial charge in [-0.2, -0.15) is 15.4 Å². The van der Waals surface area contributed by atoms with Crippen LogP contribution in [0, 0.1) is 0 Å². The van der Waals surface area contributed by atoms with Crippen LogP contribution in [0.4, 0.5) is 5.69 Å². The van der Waals surface area contributed by atoms with Gasteiger partial charge in [-0.3, -0.25) is 4.79 Å². The number of carbonyl (C=O) groups excluding carboxylic acids is 2. The Kier molecular flexibility index (Phi) is 4.28. The average Bonchev–Trinajstić information content (AvgIpc) is 2.99. The number of ether oxygens (including phenoxy) is 2. The fraction of sp³-hybridized carbons (Fsp3) is 0.167. The van der Waals surface area contributed by atoms with Crippen molar-refractivity contribution >= 4 is 17.6 Å². The molecule has 1 heterocycles. The lowest BCUT2D eigenvalue weighted by Gasteiger charge is -2.07. The first-order chi connectivity index (χ1) is 9.69. The van der Waals surface area contributed by atoms with Crippen molar-refractivity contribution in [3.05, 3.63) is 36.2 Å². The minimum Gasteiger partial charge on any atom is -0.482 e. The first-order valence-electron chi connectivity index (χ1n) is 5.66. The van der Waals surface area contributed by atoms with E-state index in [2.05, 4.69) is 25.5 Å². The van der Waals surface area contributed by atoms with Crippen LogP contribution >= 0.6 is 0 Å². The SMILES string of the molecule is COC(=O)COc1cccc(NC(=O)c2cn[nH]n2)c1. The van der Waals surface area contributed by atoms with E-state index >= 15 is 0 Å². The molecule has 0 fully saturated rings. The van der Waals surface area contributed by atoms with E-state index in [1.54, 1.807) is 24.3 Å². The summed E-state index contributed by atoms with van der Waals surface area (Å²) in [5.41, 5.74) is 0.686. The molecule has 0 aliphatic heterocycles. The molecule has 0 aliphatic rings. The first-order valence-corrected chi connectivity index (χ1v) is 5.66. The van der Waals surface area contributed by atoms with Gasteiger partial charge in [-0.15, -0.1) is 0 Å². The molecule has 0 radical (unpaired) electrons. The molecule has 0 atom stereocenters. The highest BCUT2D eigenvalue weighted by molar-refractivity contribution is 6.02. The van der Waals surface area contributed by atoms with Crippen LogP contribution in [0.2, 0.25) is 0 Å². The number of hydrogen-bond donors (Lipinski definition) is 2. The van der Waals surface area contributed by atoms with E-state index in [-0.39, 0.29) is 12.3 Å². The zero-order valence-electron chi connectivity index (χ0n) is 10.6. The smallest absolute Gasteiger partial charge is 0.343 e. The van der Waals surface area contributed by atoms with E-state index < -0.39 is 11.9 Å². The number of rotatable bonds is 5. The van der Waals surface area contributed by atoms with Crippen LogP contribution in [0.3, 0.4) is 0 Å². The standard InChI is InChI=1S/C12H12N4O4/c1-19-11(17)7-20-9-4-2-3-8(5-9)14-12(18)10-6-13-16-15-10/h2-6H,7H2,1H3,(H,14,18)(H,13,15,16). The Morgan fingerprint density at radius 3 is 2.95 bits per heavy atom. The van der Waals surface area contributed by atoms with E-state index in [4.69, 9.17) is 4.74 Å². The lowest BCUT2D eigenvalue weighted by molar-refractivity contribution is -0.142. The molecule has 1 aromatic heterocycles. The van der Waals surface area contributed by atoms with Crippen molar-refractivity contribution < 1.29 is 19.1 Å². The molecule has 20 heavy (non-hydrogen) atoms. The van der Waals surface area contributed by atoms with E-state index in [0.29, 0.717) is 11.4 Å². The van der Waals surface area contributed by atoms with Crippen LogP contribution in [0.25, 0.3) is 0 Å². The van der Waals surface area contributed by atoms with E-state index in [0.717, 1.165) is 0 Å². The van der Waals surface area contributed by atoms with Crippen LogP contribution in [0.1, 0.15) is 10.5 Å². The number of nitrogens with zero attached hydrogens (tertiary/aromatic N) is 2. The molecule has 1 amide bonds. The molecule has 8 nitrogen and oxygen atoms in total. The average molecular weight is 276 g/mol. The van der Waals surface area contributed by atoms with Gasteiger partial charge in [0.15, 0.2) is 12.3 Å². The number of methoxy groups -OCH3 is 1. The number of amides is 1. The number of anilines is 1. The lowest BCUT2D eigenvalue weighted by Crippen LogP contribution is -2.14. The molecule has 2 N–H and O–H groups in total. The van der Waals surface area contributed by atoms with E-state index in [9.17, 15) is 9.59 Å². The highest BCUT2D eigenvalue weighted by atomic mass is 16.6. The fourth-order valence-electron chi connectivity index (χ4n) is 1.37. The number of hydrogen-bond acceptors (Lipinski definition) is 6. The van der Waals surface area contributed by atoms with Gasteiger partial charge in [-0.1, -0.05) is 6.07 Å². The second-order valence-electron chi connectivity index (χ2n) is 3.70. The summed E-state index contributed by atoms with van der Waals surface area (Å²) in [7, 11) is 1.28. The van der Waals surface area contributed by atoms with Crippen molar-refractivity contribution in [3.8, 4) is 5.75 Å². The number of esters is 1. The summed E-state index contributed by atoms with van der Waals surface area (Å²) in [6.45, 7) is -0.197. The molecule has 0 aliphatic carbocycles. The Hall–Kier alpha value is -2.90. The topological polar surface area (TPSA) is 106 Å². The maximum Gasteiger partial charge on any atom is 0.343 e. The molecular formula is C12H12N4O4. The van der Waals surface area contributed by atoms with Crippen molar-refractivity contribution in [2.75, 3.05) is 19.0 Å². The van der Waals surface area contributed by atoms with Crippen molar-refractivity contribution in [3.63, 3.8) is 0 Å². The van der Waals surface area contributed by atoms with Crippen LogP contribution in [-0.4, -0.2) is 41.0 Å². The maximum absolute atomic E-state index is 11.8. The molecule has 2 rings (SSSR count). The Labute approximate surface area is 114 Å². The zero-order valence-corrected chi connectivity index (χ0v) is 10.6. The quantitative estimate of drug-likeness (QED) is 0.775. The molecule has 0 saturated carbocycles. The van der Waals surface area contributed by atoms with E-state index in [1.807, 2.05) is 0 Å². The second kappa shape index (κ2) is 6.32. The summed E-state index contributed by atoms with van der Waals surface area (Å²) < 4.78 is 9.67. The first kappa shape index (κ1) is 13.5. The molecule has 8 heteroatoms. The Morgan fingerprint density at radius 1 is 1.40 bits per heavy atom. The third-order valence-electron chi connectivity index (χ3n) is 2.32. The monoisotopic (exact) mass is 276 g/mol. The third-order valence-corrected chi connectivity index (χ3v) is 2.32. The second-order valence-corrected chi connectivity index (χ2v) is 3.70. The van der Waals surface area contributed by atoms with Gasteiger partial charge in [0.25, 0.3) is 5.91 Å². The summed E-state index contributed by atoms with van der Waals surface area (Å²) in [5, 5.41) is 12.2. The minimum atomic E-state index is -0.484. The van der Waals surface area contributed by atoms with Gasteiger partial charge in [0.05, 0.1) is 13.3 Å². The number of nitrogens with one attached hydrogen (secondary N) is 2. The number of aromatic amines is 1. The summed E-state index contributed by atoms with van der Waals surface area (Å²) in [6, 6.07) is 6.61. The molecule has 0 bridgehead atoms. The molecular weight excluding hydrogens is 264 g/mol. The Bertz CT molecular complexity index is 597. The summed E-state index contributed by atoms with van der Waals surface area (Å²) in [5.74, 6) is -0.445. The molecule has 0 unspecified atom stereocenters. The highest BCUT2D eigenvalue weighted by Crippen LogP contribution is 2.17. The van der Waals surface area contributed by atoms with Crippen LogP contribution in [0.15, 0.2) is 30.5 Å². The number of aromatic nitrogens is 3. The van der Waals surface area contributed by atoms with Crippen LogP contribution in [0.5, 0.6) is 5.75 Å². The third kappa shape index (κ3) is 3.55. The van der Waals surface area contributed by atoms with Crippen LogP contribution < -0.4 is 10.1 Å². The summed E-state index contributed by atoms with van der Waals surface area (Å²) in [6.07, 6.45) is 1.31. The fourth-order valence-corrected chi connectivity index (χ4v) is 1.37. The predicted octanol–water partition coefficient (Wildman–Crippen LogP) is 0.609. The van der Waals surface area contributed by atoms with Crippen molar-refractivity contribution in [2.24, 2.45) is 0 Å². The van der Waals surface area contributed by atoms with Gasteiger partial charge in [-0.25, -0.2) is 4.79 Å². The zero-order chi connectivity index (χ0) is 14.4. The summed E-state index contributed by atoms with van der Waals surface area (Å²) in [4.78, 5) is 22.7. The molecule has 2 aromatic rings. The molecule has 0 spiro atoms. The molecule has 104 valence electrons. The van der Waals surface area contributed by atoms with Crippen molar-refractivity contribution in [1.82, 2.24) is 15.4 Å². The van der Waals surface area contributed by atoms with Gasteiger partial charge in [0, 0.05) is 11.8 Å². The number of carbonyl (C=O) groups is 2. The van der Waals surface area contributed by atoms with Gasteiger partial charge < -0.3 is 14.8 Å². The molecule has 0 saturated heterocycles. The normalized spacial score (nSPS) is 9.85. The Morgan fingerprint density at radius 2 is 2.25 bits per heavy atom. The minimum absolute atomic E-state index is 0.172. The Balaban J connectivity index is 1.99. The van der Waals surface area contributed by atoms with Crippen molar-refractivity contribution in [1.29, 1.82) is 0 Å². The number of benzene rings is 1. The van der Waals surface area contributed by atoms with Gasteiger partial charge in [0.2, 0.25) is 0 Å². The van der Waals surface area contributed by atoms with Crippen LogP contribution in [-0.2, 0) is 9.53 Å². The highest BCUT2D eigenvalue weighted by Gasteiger charge is 2.09. The maximum atomic E-state index is 11.8. The van der Waals surface area contributed by atoms with Crippen molar-refractivity contribution in [2.45, 2.75) is 0 Å². The largest absolute Gasteiger partial charge is 0.482 e. The lowest BCUT2D eigenvalue weighted by atomic mass is 10.3. The predicted molar refractivity (Wildman–Crippen MR) is 68.3 cm³/mol. The van der Waals surface area contributed by atoms with Gasteiger partial charge in [0.1, 0.15) is 5.75 Å². The summed E-state index contributed by atoms with van der Waals surface area (Å²) >= 11 is 0. The van der Waals surface area contributed by atoms with E-state index in [1.165, 1.54) is 13.3 Å². The van der Waals surface area contributed by atoms with Gasteiger partial charge >= 0.3 is 5.97 Å². The van der Waals surface area contributed by atoms with Gasteiger partial charge in [-0.05, 0) is 12.1 Å². The molecule has 1 aromatic carbocycles. The number of H-pyrrole nitrogens is 1.